The van der Waals surface area contributed by atoms with E-state index in [9.17, 15) is 19.2 Å². The van der Waals surface area contributed by atoms with Gasteiger partial charge >= 0.3 is 0 Å². The zero-order valence-corrected chi connectivity index (χ0v) is 15.4. The van der Waals surface area contributed by atoms with E-state index in [1.807, 2.05) is 12.2 Å². The Labute approximate surface area is 162 Å². The van der Waals surface area contributed by atoms with Crippen LogP contribution in [0, 0.1) is 47.3 Å². The van der Waals surface area contributed by atoms with Crippen LogP contribution in [0.2, 0.25) is 0 Å². The molecular formula is C20H24N2O6. The maximum atomic E-state index is 13.0. The first-order valence-electron chi connectivity index (χ1n) is 10.1. The molecule has 8 nitrogen and oxygen atoms in total. The maximum absolute atomic E-state index is 13.0. The van der Waals surface area contributed by atoms with E-state index in [4.69, 9.17) is 10.2 Å². The van der Waals surface area contributed by atoms with Gasteiger partial charge in [0.1, 0.15) is 0 Å². The fourth-order valence-electron chi connectivity index (χ4n) is 6.62. The first-order valence-corrected chi connectivity index (χ1v) is 10.1. The van der Waals surface area contributed by atoms with Crippen LogP contribution in [0.15, 0.2) is 12.2 Å². The minimum atomic E-state index is -0.446. The second-order valence-electron chi connectivity index (χ2n) is 8.61. The summed E-state index contributed by atoms with van der Waals surface area (Å²) in [7, 11) is 0. The van der Waals surface area contributed by atoms with Crippen molar-refractivity contribution in [2.45, 2.75) is 12.8 Å². The van der Waals surface area contributed by atoms with Crippen molar-refractivity contribution in [1.82, 2.24) is 9.80 Å². The highest BCUT2D eigenvalue weighted by Crippen LogP contribution is 2.68. The molecule has 2 N–H and O–H groups in total. The Morgan fingerprint density at radius 1 is 0.643 bits per heavy atom. The molecule has 2 saturated carbocycles. The molecular weight excluding hydrogens is 364 g/mol. The van der Waals surface area contributed by atoms with Crippen LogP contribution in [0.1, 0.15) is 12.8 Å². The molecule has 4 aliphatic carbocycles. The monoisotopic (exact) mass is 388 g/mol. The molecule has 2 aliphatic heterocycles. The molecule has 2 bridgehead atoms. The van der Waals surface area contributed by atoms with Crippen molar-refractivity contribution in [3.8, 4) is 0 Å². The van der Waals surface area contributed by atoms with Crippen LogP contribution in [0.5, 0.6) is 0 Å². The molecule has 2 heterocycles. The third kappa shape index (κ3) is 2.02. The van der Waals surface area contributed by atoms with E-state index in [0.717, 1.165) is 0 Å². The van der Waals surface area contributed by atoms with Gasteiger partial charge in [-0.1, -0.05) is 12.2 Å². The van der Waals surface area contributed by atoms with Crippen LogP contribution >= 0.6 is 0 Å². The minimum Gasteiger partial charge on any atom is -0.396 e. The van der Waals surface area contributed by atoms with E-state index in [1.165, 1.54) is 9.80 Å². The quantitative estimate of drug-likeness (QED) is 0.446. The number of aliphatic hydroxyl groups excluding tert-OH is 2. The summed E-state index contributed by atoms with van der Waals surface area (Å²) >= 11 is 0. The van der Waals surface area contributed by atoms with Crippen molar-refractivity contribution in [3.63, 3.8) is 0 Å². The standard InChI is InChI=1S/C20H24N2O6/c23-7-1-5-21-17(25)13-9-3-4-10(14(13)18(21)26)12-11(9)15-16(12)20(28)22(19(15)27)6-2-8-24/h3-4,9-16,23-24H,1-2,5-8H2/t9-,10+,11+,12-,13+,14-,15+,16-. The van der Waals surface area contributed by atoms with Gasteiger partial charge in [-0.25, -0.2) is 0 Å². The lowest BCUT2D eigenvalue weighted by molar-refractivity contribution is -0.166. The highest BCUT2D eigenvalue weighted by molar-refractivity contribution is 6.09. The number of aliphatic hydroxyl groups is 2. The Morgan fingerprint density at radius 3 is 1.36 bits per heavy atom. The molecule has 6 rings (SSSR count). The number of hydrogen-bond donors (Lipinski definition) is 2. The molecule has 28 heavy (non-hydrogen) atoms. The molecule has 150 valence electrons. The summed E-state index contributed by atoms with van der Waals surface area (Å²) in [5, 5.41) is 18.1. The third-order valence-electron chi connectivity index (χ3n) is 7.61. The van der Waals surface area contributed by atoms with Crippen molar-refractivity contribution in [1.29, 1.82) is 0 Å². The molecule has 2 saturated heterocycles. The van der Waals surface area contributed by atoms with Crippen molar-refractivity contribution in [3.05, 3.63) is 12.2 Å². The van der Waals surface area contributed by atoms with Gasteiger partial charge in [-0.2, -0.15) is 0 Å². The Hall–Kier alpha value is -2.06. The highest BCUT2D eigenvalue weighted by atomic mass is 16.3. The number of likely N-dealkylation sites (tertiary alicyclic amines) is 2. The zero-order valence-electron chi connectivity index (χ0n) is 15.4. The molecule has 0 aromatic heterocycles. The number of amides is 4. The Kier molecular flexibility index (Phi) is 4.00. The molecule has 0 spiro atoms. The Bertz CT molecular complexity index is 738. The smallest absolute Gasteiger partial charge is 0.233 e. The predicted octanol–water partition coefficient (Wildman–Crippen LogP) is -0.985. The topological polar surface area (TPSA) is 115 Å². The van der Waals surface area contributed by atoms with Crippen LogP contribution in [0.25, 0.3) is 0 Å². The molecule has 6 aliphatic rings. The van der Waals surface area contributed by atoms with E-state index in [0.29, 0.717) is 12.8 Å². The van der Waals surface area contributed by atoms with Gasteiger partial charge < -0.3 is 10.2 Å². The number of fused-ring (bicyclic) bond motifs is 1. The van der Waals surface area contributed by atoms with Crippen molar-refractivity contribution >= 4 is 23.6 Å². The van der Waals surface area contributed by atoms with Gasteiger partial charge in [-0.05, 0) is 36.5 Å². The molecule has 4 amide bonds. The first-order chi connectivity index (χ1) is 13.5. The second-order valence-corrected chi connectivity index (χ2v) is 8.61. The number of imide groups is 2. The lowest BCUT2D eigenvalue weighted by Crippen LogP contribution is -2.63. The van der Waals surface area contributed by atoms with Gasteiger partial charge in [0.15, 0.2) is 0 Å². The maximum Gasteiger partial charge on any atom is 0.233 e. The van der Waals surface area contributed by atoms with Gasteiger partial charge in [0.2, 0.25) is 23.6 Å². The van der Waals surface area contributed by atoms with E-state index < -0.39 is 23.7 Å². The second kappa shape index (κ2) is 6.22. The fraction of sp³-hybridized carbons (Fsp3) is 0.700. The lowest BCUT2D eigenvalue weighted by Gasteiger charge is -2.60. The summed E-state index contributed by atoms with van der Waals surface area (Å²) in [6.07, 6.45) is 4.68. The fourth-order valence-corrected chi connectivity index (χ4v) is 6.62. The largest absolute Gasteiger partial charge is 0.396 e. The summed E-state index contributed by atoms with van der Waals surface area (Å²) in [5.41, 5.74) is 0. The molecule has 4 fully saturated rings. The van der Waals surface area contributed by atoms with Crippen molar-refractivity contribution in [2.75, 3.05) is 26.3 Å². The molecule has 0 unspecified atom stereocenters. The van der Waals surface area contributed by atoms with Gasteiger partial charge in [-0.15, -0.1) is 0 Å². The van der Waals surface area contributed by atoms with Crippen molar-refractivity contribution in [2.24, 2.45) is 47.3 Å². The average Bonchev–Trinajstić information content (AvgIpc) is 3.03. The van der Waals surface area contributed by atoms with E-state index >= 15 is 0 Å². The van der Waals surface area contributed by atoms with Crippen LogP contribution in [0.3, 0.4) is 0 Å². The van der Waals surface area contributed by atoms with Gasteiger partial charge in [0, 0.05) is 26.3 Å². The first kappa shape index (κ1) is 18.0. The molecule has 0 radical (unpaired) electrons. The van der Waals surface area contributed by atoms with Crippen LogP contribution < -0.4 is 0 Å². The third-order valence-corrected chi connectivity index (χ3v) is 7.61. The Balaban J connectivity index is 1.45. The summed E-state index contributed by atoms with van der Waals surface area (Å²) < 4.78 is 0. The summed E-state index contributed by atoms with van der Waals surface area (Å²) in [6.45, 7) is 0.279. The Morgan fingerprint density at radius 2 is 1.00 bits per heavy atom. The number of carbonyl (C=O) groups is 4. The number of hydrogen-bond acceptors (Lipinski definition) is 6. The summed E-state index contributed by atoms with van der Waals surface area (Å²) in [6, 6.07) is 0. The van der Waals surface area contributed by atoms with Gasteiger partial charge in [-0.3, -0.25) is 29.0 Å². The molecule has 0 aromatic rings. The van der Waals surface area contributed by atoms with E-state index in [-0.39, 0.29) is 73.6 Å². The van der Waals surface area contributed by atoms with E-state index in [2.05, 4.69) is 0 Å². The number of carbonyl (C=O) groups excluding carboxylic acids is 4. The number of allylic oxidation sites excluding steroid dienone is 2. The zero-order chi connectivity index (χ0) is 19.7. The van der Waals surface area contributed by atoms with Gasteiger partial charge in [0.05, 0.1) is 23.7 Å². The van der Waals surface area contributed by atoms with Crippen LogP contribution in [0.4, 0.5) is 0 Å². The predicted molar refractivity (Wildman–Crippen MR) is 93.9 cm³/mol. The lowest BCUT2D eigenvalue weighted by atomic mass is 9.40. The average molecular weight is 388 g/mol. The van der Waals surface area contributed by atoms with Crippen LogP contribution in [-0.2, 0) is 19.2 Å². The van der Waals surface area contributed by atoms with E-state index in [1.54, 1.807) is 0 Å². The minimum absolute atomic E-state index is 0.0635. The number of rotatable bonds is 6. The normalized spacial score (nSPS) is 42.8. The van der Waals surface area contributed by atoms with Crippen molar-refractivity contribution < 1.29 is 29.4 Å². The number of nitrogens with zero attached hydrogens (tertiary/aromatic N) is 2. The highest BCUT2D eigenvalue weighted by Gasteiger charge is 2.74. The SMILES string of the molecule is O=C1[C@@H]2[C@H]3C=C[C@@H]([C@@H]2C(=O)N1CCCO)[C@@H]1[C@@H]2C(=O)N(CCCO)C(=O)[C@@H]2[C@H]31. The summed E-state index contributed by atoms with van der Waals surface area (Å²) in [5.74, 6) is -2.96. The summed E-state index contributed by atoms with van der Waals surface area (Å²) in [4.78, 5) is 54.2. The molecule has 8 atom stereocenters. The molecule has 0 aromatic carbocycles. The van der Waals surface area contributed by atoms with Crippen LogP contribution in [-0.4, -0.2) is 69.9 Å². The van der Waals surface area contributed by atoms with Gasteiger partial charge in [0.25, 0.3) is 0 Å². The molecule has 8 heteroatoms.